The van der Waals surface area contributed by atoms with Crippen LogP contribution in [0.15, 0.2) is 121 Å². The predicted molar refractivity (Wildman–Crippen MR) is 345 cm³/mol. The van der Waals surface area contributed by atoms with Crippen LogP contribution in [0.4, 0.5) is 0 Å². The van der Waals surface area contributed by atoms with E-state index in [0.717, 1.165) is 6.04 Å². The minimum atomic E-state index is -1.46. The molecule has 0 spiro atoms. The smallest absolute Gasteiger partial charge is 0.342 e. The van der Waals surface area contributed by atoms with Crippen LogP contribution in [0.25, 0.3) is 12.2 Å². The van der Waals surface area contributed by atoms with Gasteiger partial charge in [-0.1, -0.05) is 92.5 Å². The molecule has 2 saturated heterocycles. The molecule has 0 radical (unpaired) electrons. The lowest BCUT2D eigenvalue weighted by Gasteiger charge is -2.24. The molecular formula is C69H92O22Si. The van der Waals surface area contributed by atoms with E-state index in [2.05, 4.69) is 19.6 Å². The SMILES string of the molecule is COCOc1cc(/C=C/CC2OC(C)(C)OC2C(/C=C\C[C@@H](C)O)OC(=O)c2ccccc2)c(C(=O)O)c(OCOC)c1.COCOc1cc(/C=C/CC2OC(C)(C)OC2C(/C=C\C[C@@H](C)O)OC(=O)c2ccccc2)c(C(=O)OCC[Si](C)(C)C)c(OCOC)c1. The van der Waals surface area contributed by atoms with Gasteiger partial charge in [0, 0.05) is 48.6 Å². The van der Waals surface area contributed by atoms with E-state index in [1.54, 1.807) is 157 Å². The lowest BCUT2D eigenvalue weighted by Crippen LogP contribution is -2.37. The highest BCUT2D eigenvalue weighted by molar-refractivity contribution is 6.76. The maximum absolute atomic E-state index is 13.5. The van der Waals surface area contributed by atoms with Crippen LogP contribution in [0.5, 0.6) is 23.0 Å². The minimum Gasteiger partial charge on any atom is -0.478 e. The van der Waals surface area contributed by atoms with Gasteiger partial charge in [-0.3, -0.25) is 0 Å². The van der Waals surface area contributed by atoms with E-state index < -0.39 is 92.4 Å². The fourth-order valence-corrected chi connectivity index (χ4v) is 10.1. The van der Waals surface area contributed by atoms with E-state index in [4.69, 9.17) is 71.1 Å². The number of esters is 3. The second-order valence-corrected chi connectivity index (χ2v) is 29.4. The van der Waals surface area contributed by atoms with Crippen molar-refractivity contribution in [3.8, 4) is 23.0 Å². The number of hydrogen-bond donors (Lipinski definition) is 3. The number of carbonyl (C=O) groups excluding carboxylic acids is 3. The van der Waals surface area contributed by atoms with Gasteiger partial charge in [0.25, 0.3) is 0 Å². The molecule has 0 amide bonds. The Kier molecular flexibility index (Phi) is 30.7. The van der Waals surface area contributed by atoms with Crippen LogP contribution in [0.1, 0.15) is 120 Å². The Labute approximate surface area is 540 Å². The molecule has 6 unspecified atom stereocenters. The number of ether oxygens (including phenoxy) is 15. The van der Waals surface area contributed by atoms with Gasteiger partial charge in [0.15, 0.2) is 38.7 Å². The quantitative estimate of drug-likeness (QED) is 0.0127. The summed E-state index contributed by atoms with van der Waals surface area (Å²) >= 11 is 0. The first-order valence-electron chi connectivity index (χ1n) is 30.3. The number of aliphatic hydroxyl groups excluding tert-OH is 2. The summed E-state index contributed by atoms with van der Waals surface area (Å²) in [6, 6.07) is 24.4. The molecular weight excluding hydrogens is 1210 g/mol. The summed E-state index contributed by atoms with van der Waals surface area (Å²) in [5, 5.41) is 29.6. The summed E-state index contributed by atoms with van der Waals surface area (Å²) in [6.07, 6.45) is 9.97. The van der Waals surface area contributed by atoms with E-state index in [9.17, 15) is 34.5 Å². The second kappa shape index (κ2) is 37.4. The van der Waals surface area contributed by atoms with Crippen molar-refractivity contribution in [2.24, 2.45) is 0 Å². The maximum atomic E-state index is 13.5. The number of methoxy groups -OCH3 is 4. The van der Waals surface area contributed by atoms with Gasteiger partial charge in [0.2, 0.25) is 0 Å². The first kappa shape index (κ1) is 75.5. The summed E-state index contributed by atoms with van der Waals surface area (Å²) in [7, 11) is 4.45. The largest absolute Gasteiger partial charge is 0.478 e. The van der Waals surface area contributed by atoms with E-state index in [-0.39, 0.29) is 56.2 Å². The summed E-state index contributed by atoms with van der Waals surface area (Å²) in [6.45, 7) is 17.1. The minimum absolute atomic E-state index is 0.0114. The third-order valence-corrected chi connectivity index (χ3v) is 15.3. The van der Waals surface area contributed by atoms with Gasteiger partial charge < -0.3 is 86.4 Å². The first-order valence-corrected chi connectivity index (χ1v) is 34.0. The molecule has 8 atom stereocenters. The zero-order chi connectivity index (χ0) is 67.4. The Hall–Kier alpha value is -7.26. The summed E-state index contributed by atoms with van der Waals surface area (Å²) in [5.41, 5.74) is 1.76. The molecule has 2 heterocycles. The van der Waals surface area contributed by atoms with Gasteiger partial charge in [0.1, 0.15) is 58.5 Å². The number of carboxylic acids is 1. The maximum Gasteiger partial charge on any atom is 0.342 e. The number of carboxylic acid groups (broad SMARTS) is 1. The number of hydrogen-bond acceptors (Lipinski definition) is 21. The average Bonchev–Trinajstić information content (AvgIpc) is 1.77. The fraction of sp³-hybridized carbons (Fsp3) is 0.478. The Morgan fingerprint density at radius 1 is 0.543 bits per heavy atom. The van der Waals surface area contributed by atoms with Gasteiger partial charge in [0.05, 0.1) is 42.1 Å². The summed E-state index contributed by atoms with van der Waals surface area (Å²) < 4.78 is 85.3. The Balaban J connectivity index is 0.000000337. The highest BCUT2D eigenvalue weighted by atomic mass is 28.3. The van der Waals surface area contributed by atoms with Gasteiger partial charge in [-0.15, -0.1) is 0 Å². The van der Waals surface area contributed by atoms with Crippen molar-refractivity contribution in [2.75, 3.05) is 62.2 Å². The van der Waals surface area contributed by atoms with Crippen LogP contribution in [0.3, 0.4) is 0 Å². The molecule has 3 N–H and O–H groups in total. The number of aromatic carboxylic acids is 1. The van der Waals surface area contributed by atoms with E-state index in [1.165, 1.54) is 34.5 Å². The summed E-state index contributed by atoms with van der Waals surface area (Å²) in [5.74, 6) is -3.66. The van der Waals surface area contributed by atoms with Crippen molar-refractivity contribution in [2.45, 2.75) is 153 Å². The van der Waals surface area contributed by atoms with E-state index in [1.807, 2.05) is 12.1 Å². The number of carbonyl (C=O) groups is 4. The topological polar surface area (TPSA) is 267 Å². The zero-order valence-corrected chi connectivity index (χ0v) is 56.0. The number of rotatable bonds is 35. The molecule has 2 aliphatic heterocycles. The van der Waals surface area contributed by atoms with Gasteiger partial charge in [-0.2, -0.15) is 0 Å². The second-order valence-electron chi connectivity index (χ2n) is 23.8. The molecule has 22 nitrogen and oxygen atoms in total. The molecule has 0 saturated carbocycles. The fourth-order valence-electron chi connectivity index (χ4n) is 9.44. The van der Waals surface area contributed by atoms with Gasteiger partial charge in [-0.25, -0.2) is 19.2 Å². The van der Waals surface area contributed by atoms with Crippen LogP contribution >= 0.6 is 0 Å². The van der Waals surface area contributed by atoms with Crippen molar-refractivity contribution >= 4 is 44.1 Å². The molecule has 0 aliphatic carbocycles. The van der Waals surface area contributed by atoms with Crippen molar-refractivity contribution in [3.63, 3.8) is 0 Å². The predicted octanol–water partition coefficient (Wildman–Crippen LogP) is 11.4. The molecule has 4 aromatic carbocycles. The van der Waals surface area contributed by atoms with E-state index >= 15 is 0 Å². The molecule has 504 valence electrons. The van der Waals surface area contributed by atoms with Gasteiger partial charge >= 0.3 is 23.9 Å². The van der Waals surface area contributed by atoms with Crippen LogP contribution in [-0.4, -0.2) is 170 Å². The highest BCUT2D eigenvalue weighted by Crippen LogP contribution is 2.38. The van der Waals surface area contributed by atoms with Crippen LogP contribution in [0.2, 0.25) is 25.7 Å². The van der Waals surface area contributed by atoms with Crippen molar-refractivity contribution < 1.29 is 106 Å². The van der Waals surface area contributed by atoms with Gasteiger partial charge in [-0.05, 0) is 133 Å². The molecule has 4 aromatic rings. The molecule has 0 aromatic heterocycles. The standard InChI is InChI=1S/C37H52O11Si.C32H40O11/c1-26(38)14-12-18-30(46-35(39)27-15-10-9-11-16-27)34-31(47-37(2,3)48-34)19-13-17-28-22-29(44-24-41-4)23-32(45-25-42-5)33(28)36(40)43-20-21-49(6,7)8;1-21(33)11-9-15-25(41-31(36)22-12-7-6-8-13-22)29-26(42-32(2,3)43-29)16-10-14-23-17-24(39-19-37-4)18-27(40-20-38-5)28(23)30(34)35/h9-13,15-18,22-23,26,30-31,34,38H,14,19-21,24-25H2,1-8H3;6-10,12-15,17-18,21,25-26,29,33H,11,16,19-20H2,1-5H3,(H,34,35)/b17-13+,18-12-;14-10+,15-9-/t26-,30?,31?,34?;21-,25?,26?,29?/m11/s1. The molecule has 23 heteroatoms. The van der Waals surface area contributed by atoms with Crippen molar-refractivity contribution in [1.29, 1.82) is 0 Å². The molecule has 2 aliphatic rings. The lowest BCUT2D eigenvalue weighted by molar-refractivity contribution is -0.153. The first-order chi connectivity index (χ1) is 43.8. The number of aliphatic hydroxyl groups is 2. The Morgan fingerprint density at radius 3 is 1.32 bits per heavy atom. The third kappa shape index (κ3) is 25.3. The van der Waals surface area contributed by atoms with E-state index in [0.29, 0.717) is 59.6 Å². The van der Waals surface area contributed by atoms with Crippen molar-refractivity contribution in [1.82, 2.24) is 0 Å². The van der Waals surface area contributed by atoms with Crippen LogP contribution < -0.4 is 18.9 Å². The third-order valence-electron chi connectivity index (χ3n) is 13.6. The number of benzene rings is 4. The molecule has 2 fully saturated rings. The van der Waals surface area contributed by atoms with Crippen molar-refractivity contribution in [3.05, 3.63) is 155 Å². The Bertz CT molecular complexity index is 3060. The highest BCUT2D eigenvalue weighted by Gasteiger charge is 2.47. The normalized spacial score (nSPS) is 19.1. The molecule has 92 heavy (non-hydrogen) atoms. The van der Waals surface area contributed by atoms with Crippen LogP contribution in [0, 0.1) is 0 Å². The van der Waals surface area contributed by atoms with Crippen LogP contribution in [-0.2, 0) is 52.1 Å². The molecule has 0 bridgehead atoms. The lowest BCUT2D eigenvalue weighted by atomic mass is 10.0. The summed E-state index contributed by atoms with van der Waals surface area (Å²) in [4.78, 5) is 51.8. The zero-order valence-electron chi connectivity index (χ0n) is 55.0. The average molecular weight is 1300 g/mol. The Morgan fingerprint density at radius 2 is 0.935 bits per heavy atom. The molecule has 6 rings (SSSR count). The monoisotopic (exact) mass is 1300 g/mol.